The van der Waals surface area contributed by atoms with Gasteiger partial charge in [-0.1, -0.05) is 11.6 Å². The van der Waals surface area contributed by atoms with Crippen LogP contribution in [-0.4, -0.2) is 51.6 Å². The summed E-state index contributed by atoms with van der Waals surface area (Å²) in [5.41, 5.74) is 0.474. The van der Waals surface area contributed by atoms with Crippen LogP contribution in [0.15, 0.2) is 12.1 Å². The van der Waals surface area contributed by atoms with Crippen molar-refractivity contribution in [1.82, 2.24) is 10.6 Å². The van der Waals surface area contributed by atoms with Crippen molar-refractivity contribution in [2.24, 2.45) is 5.92 Å². The molecule has 2 N–H and O–H groups in total. The maximum Gasteiger partial charge on any atom is 0.239 e. The Labute approximate surface area is 156 Å². The second-order valence-corrected chi connectivity index (χ2v) is 6.14. The van der Waals surface area contributed by atoms with Gasteiger partial charge in [0.2, 0.25) is 17.7 Å². The van der Waals surface area contributed by atoms with Gasteiger partial charge in [0.15, 0.2) is 0 Å². The Hall–Kier alpha value is -2.48. The number of likely N-dealkylation sites (N-methyl/N-ethyl adjacent to an activating group) is 1. The van der Waals surface area contributed by atoms with Crippen molar-refractivity contribution < 1.29 is 23.9 Å². The second-order valence-electron chi connectivity index (χ2n) is 5.74. The van der Waals surface area contributed by atoms with Crippen molar-refractivity contribution in [1.29, 1.82) is 0 Å². The Kier molecular flexibility index (Phi) is 6.68. The zero-order valence-corrected chi connectivity index (χ0v) is 15.7. The molecule has 1 aliphatic rings. The first kappa shape index (κ1) is 19.8. The SMILES string of the molecule is CCNC(=O)CNC(=O)[C@@H]1CC(=O)N(c2cc(Cl)c(OC)cc2OC)C1. The van der Waals surface area contributed by atoms with Gasteiger partial charge in [-0.05, 0) is 13.0 Å². The molecular weight excluding hydrogens is 362 g/mol. The zero-order chi connectivity index (χ0) is 19.3. The van der Waals surface area contributed by atoms with E-state index in [1.807, 2.05) is 0 Å². The monoisotopic (exact) mass is 383 g/mol. The van der Waals surface area contributed by atoms with Crippen LogP contribution in [0.1, 0.15) is 13.3 Å². The highest BCUT2D eigenvalue weighted by molar-refractivity contribution is 6.32. The Balaban J connectivity index is 2.11. The van der Waals surface area contributed by atoms with Gasteiger partial charge in [-0.2, -0.15) is 0 Å². The van der Waals surface area contributed by atoms with Gasteiger partial charge in [-0.15, -0.1) is 0 Å². The summed E-state index contributed by atoms with van der Waals surface area (Å²) in [6.07, 6.45) is 0.0496. The number of rotatable bonds is 7. The van der Waals surface area contributed by atoms with Crippen LogP contribution in [0.5, 0.6) is 11.5 Å². The van der Waals surface area contributed by atoms with E-state index in [-0.39, 0.29) is 37.2 Å². The molecule has 1 atom stereocenters. The minimum atomic E-state index is -0.553. The maximum absolute atomic E-state index is 12.4. The average molecular weight is 384 g/mol. The highest BCUT2D eigenvalue weighted by Crippen LogP contribution is 2.40. The third kappa shape index (κ3) is 4.37. The quantitative estimate of drug-likeness (QED) is 0.731. The lowest BCUT2D eigenvalue weighted by Crippen LogP contribution is -2.40. The molecule has 0 spiro atoms. The van der Waals surface area contributed by atoms with Gasteiger partial charge in [-0.25, -0.2) is 0 Å². The fourth-order valence-electron chi connectivity index (χ4n) is 2.74. The van der Waals surface area contributed by atoms with Crippen molar-refractivity contribution >= 4 is 35.0 Å². The number of methoxy groups -OCH3 is 2. The zero-order valence-electron chi connectivity index (χ0n) is 14.9. The van der Waals surface area contributed by atoms with Crippen LogP contribution < -0.4 is 25.0 Å². The largest absolute Gasteiger partial charge is 0.495 e. The highest BCUT2D eigenvalue weighted by atomic mass is 35.5. The Bertz CT molecular complexity index is 710. The lowest BCUT2D eigenvalue weighted by Gasteiger charge is -2.21. The number of carbonyl (C=O) groups is 3. The lowest BCUT2D eigenvalue weighted by molar-refractivity contribution is -0.128. The fraction of sp³-hybridized carbons (Fsp3) is 0.471. The van der Waals surface area contributed by atoms with Crippen molar-refractivity contribution in [3.8, 4) is 11.5 Å². The standard InChI is InChI=1S/C17H22ClN3O5/c1-4-19-15(22)8-20-17(24)10-5-16(23)21(9-10)12-6-11(18)13(25-2)7-14(12)26-3/h6-7,10H,4-5,8-9H2,1-3H3,(H,19,22)(H,20,24)/t10-/m1/s1. The van der Waals surface area contributed by atoms with E-state index in [4.69, 9.17) is 21.1 Å². The third-order valence-electron chi connectivity index (χ3n) is 4.04. The highest BCUT2D eigenvalue weighted by Gasteiger charge is 2.36. The van der Waals surface area contributed by atoms with E-state index < -0.39 is 5.92 Å². The first-order valence-electron chi connectivity index (χ1n) is 8.17. The molecule has 0 aliphatic carbocycles. The van der Waals surface area contributed by atoms with Gasteiger partial charge in [0.05, 0.1) is 37.4 Å². The smallest absolute Gasteiger partial charge is 0.239 e. The summed E-state index contributed by atoms with van der Waals surface area (Å²) < 4.78 is 10.5. The molecule has 26 heavy (non-hydrogen) atoms. The van der Waals surface area contributed by atoms with Crippen molar-refractivity contribution in [3.05, 3.63) is 17.2 Å². The first-order valence-corrected chi connectivity index (χ1v) is 8.55. The number of benzene rings is 1. The molecule has 2 rings (SSSR count). The summed E-state index contributed by atoms with van der Waals surface area (Å²) in [5.74, 6) is -0.542. The molecular formula is C17H22ClN3O5. The summed E-state index contributed by atoms with van der Waals surface area (Å²) in [6.45, 7) is 2.34. The van der Waals surface area contributed by atoms with E-state index in [1.54, 1.807) is 19.1 Å². The Morgan fingerprint density at radius 3 is 2.54 bits per heavy atom. The lowest BCUT2D eigenvalue weighted by atomic mass is 10.1. The number of hydrogen-bond donors (Lipinski definition) is 2. The molecule has 1 aromatic rings. The molecule has 1 aliphatic heterocycles. The van der Waals surface area contributed by atoms with E-state index in [2.05, 4.69) is 10.6 Å². The molecule has 0 unspecified atom stereocenters. The number of ether oxygens (including phenoxy) is 2. The molecule has 9 heteroatoms. The molecule has 3 amide bonds. The van der Waals surface area contributed by atoms with Gasteiger partial charge in [-0.3, -0.25) is 14.4 Å². The molecule has 1 aromatic carbocycles. The van der Waals surface area contributed by atoms with E-state index in [0.717, 1.165) is 0 Å². The number of anilines is 1. The minimum Gasteiger partial charge on any atom is -0.495 e. The molecule has 0 radical (unpaired) electrons. The van der Waals surface area contributed by atoms with Crippen LogP contribution >= 0.6 is 11.6 Å². The summed E-state index contributed by atoms with van der Waals surface area (Å²) >= 11 is 6.16. The summed E-state index contributed by atoms with van der Waals surface area (Å²) in [4.78, 5) is 37.6. The molecule has 0 saturated carbocycles. The molecule has 1 fully saturated rings. The van der Waals surface area contributed by atoms with Crippen LogP contribution in [-0.2, 0) is 14.4 Å². The number of hydrogen-bond acceptors (Lipinski definition) is 5. The fourth-order valence-corrected chi connectivity index (χ4v) is 2.98. The molecule has 142 valence electrons. The molecule has 1 saturated heterocycles. The van der Waals surface area contributed by atoms with Gasteiger partial charge < -0.3 is 25.0 Å². The van der Waals surface area contributed by atoms with E-state index in [9.17, 15) is 14.4 Å². The summed E-state index contributed by atoms with van der Waals surface area (Å²) in [5, 5.41) is 5.48. The molecule has 1 heterocycles. The van der Waals surface area contributed by atoms with Crippen LogP contribution in [0, 0.1) is 5.92 Å². The van der Waals surface area contributed by atoms with Crippen LogP contribution in [0.3, 0.4) is 0 Å². The van der Waals surface area contributed by atoms with Crippen LogP contribution in [0.25, 0.3) is 0 Å². The van der Waals surface area contributed by atoms with Crippen LogP contribution in [0.2, 0.25) is 5.02 Å². The maximum atomic E-state index is 12.4. The van der Waals surface area contributed by atoms with Gasteiger partial charge in [0, 0.05) is 25.6 Å². The predicted molar refractivity (Wildman–Crippen MR) is 96.7 cm³/mol. The number of nitrogens with zero attached hydrogens (tertiary/aromatic N) is 1. The molecule has 8 nitrogen and oxygen atoms in total. The number of nitrogens with one attached hydrogen (secondary N) is 2. The van der Waals surface area contributed by atoms with E-state index in [1.165, 1.54) is 19.1 Å². The number of amides is 3. The Morgan fingerprint density at radius 1 is 1.23 bits per heavy atom. The Morgan fingerprint density at radius 2 is 1.92 bits per heavy atom. The minimum absolute atomic E-state index is 0.0496. The number of carbonyl (C=O) groups excluding carboxylic acids is 3. The summed E-state index contributed by atoms with van der Waals surface area (Å²) in [7, 11) is 2.96. The van der Waals surface area contributed by atoms with Crippen molar-refractivity contribution in [3.63, 3.8) is 0 Å². The van der Waals surface area contributed by atoms with E-state index >= 15 is 0 Å². The molecule has 0 bridgehead atoms. The summed E-state index contributed by atoms with van der Waals surface area (Å²) in [6, 6.07) is 3.17. The van der Waals surface area contributed by atoms with E-state index in [0.29, 0.717) is 28.8 Å². The number of halogens is 1. The van der Waals surface area contributed by atoms with Gasteiger partial charge in [0.25, 0.3) is 0 Å². The van der Waals surface area contributed by atoms with Crippen molar-refractivity contribution in [2.45, 2.75) is 13.3 Å². The third-order valence-corrected chi connectivity index (χ3v) is 4.33. The van der Waals surface area contributed by atoms with Crippen LogP contribution in [0.4, 0.5) is 5.69 Å². The van der Waals surface area contributed by atoms with Gasteiger partial charge in [0.1, 0.15) is 11.5 Å². The average Bonchev–Trinajstić information content (AvgIpc) is 3.01. The molecule has 0 aromatic heterocycles. The normalized spacial score (nSPS) is 16.4. The predicted octanol–water partition coefficient (Wildman–Crippen LogP) is 0.962. The second kappa shape index (κ2) is 8.75. The van der Waals surface area contributed by atoms with Crippen molar-refractivity contribution in [2.75, 3.05) is 38.8 Å². The van der Waals surface area contributed by atoms with Gasteiger partial charge >= 0.3 is 0 Å². The topological polar surface area (TPSA) is 97.0 Å². The first-order chi connectivity index (χ1) is 12.4.